The molecule has 0 saturated carbocycles. The zero-order chi connectivity index (χ0) is 24.7. The molecule has 0 aliphatic carbocycles. The van der Waals surface area contributed by atoms with E-state index >= 15 is 0 Å². The fourth-order valence-corrected chi connectivity index (χ4v) is 4.89. The van der Waals surface area contributed by atoms with Gasteiger partial charge in [-0.3, -0.25) is 19.1 Å². The maximum atomic E-state index is 13.4. The van der Waals surface area contributed by atoms with Crippen molar-refractivity contribution in [3.8, 4) is 11.5 Å². The van der Waals surface area contributed by atoms with Crippen LogP contribution in [0.15, 0.2) is 58.3 Å². The maximum Gasteiger partial charge on any atom is 0.330 e. The minimum absolute atomic E-state index is 0.0224. The molecule has 10 heteroatoms. The van der Waals surface area contributed by atoms with Crippen LogP contribution in [0.3, 0.4) is 0 Å². The van der Waals surface area contributed by atoms with E-state index in [1.165, 1.54) is 10.8 Å². The van der Waals surface area contributed by atoms with Gasteiger partial charge < -0.3 is 19.9 Å². The van der Waals surface area contributed by atoms with Crippen molar-refractivity contribution in [2.45, 2.75) is 44.1 Å². The van der Waals surface area contributed by atoms with Crippen LogP contribution in [0.5, 0.6) is 11.5 Å². The summed E-state index contributed by atoms with van der Waals surface area (Å²) in [5.74, 6) is 0.0669. The van der Waals surface area contributed by atoms with Gasteiger partial charge in [0.1, 0.15) is 23.8 Å². The molecule has 2 aliphatic heterocycles. The summed E-state index contributed by atoms with van der Waals surface area (Å²) in [6, 6.07) is 12.5. The van der Waals surface area contributed by atoms with Gasteiger partial charge in [-0.05, 0) is 24.6 Å². The Bertz CT molecular complexity index is 1400. The normalized spacial score (nSPS) is 22.7. The summed E-state index contributed by atoms with van der Waals surface area (Å²) in [6.07, 6.45) is -0.376. The number of aliphatic hydroxyl groups is 1. The smallest absolute Gasteiger partial charge is 0.330 e. The largest absolute Gasteiger partial charge is 0.457 e. The molecule has 5 rings (SSSR count). The van der Waals surface area contributed by atoms with Crippen molar-refractivity contribution in [3.05, 3.63) is 91.2 Å². The monoisotopic (exact) mass is 497 g/mol. The highest BCUT2D eigenvalue weighted by Gasteiger charge is 2.38. The van der Waals surface area contributed by atoms with Gasteiger partial charge in [-0.2, -0.15) is 0 Å². The van der Waals surface area contributed by atoms with E-state index in [1.54, 1.807) is 31.2 Å². The van der Waals surface area contributed by atoms with Gasteiger partial charge in [0, 0.05) is 40.9 Å². The van der Waals surface area contributed by atoms with Crippen molar-refractivity contribution in [3.63, 3.8) is 0 Å². The van der Waals surface area contributed by atoms with Gasteiger partial charge in [-0.15, -0.1) is 0 Å². The third-order valence-corrected chi connectivity index (χ3v) is 6.76. The third kappa shape index (κ3) is 4.27. The Balaban J connectivity index is 1.35. The van der Waals surface area contributed by atoms with Crippen molar-refractivity contribution >= 4 is 17.5 Å². The standard InChI is InChI=1S/C25H24ClN3O6/c1-2-13-12-29(25(33)28-23(13)31)20-10-16(30)19(35-20)11-27-24(32)21-14-6-3-4-8-17(14)34-18-9-5-7-15(26)22(18)21/h3-9,12,16,19-21,30H,2,10-11H2,1H3,(H,27,32)(H,28,31,33)/t16-,19+,20+,21?/m0/s1. The van der Waals surface area contributed by atoms with E-state index in [4.69, 9.17) is 21.1 Å². The third-order valence-electron chi connectivity index (χ3n) is 6.43. The summed E-state index contributed by atoms with van der Waals surface area (Å²) < 4.78 is 13.1. The van der Waals surface area contributed by atoms with E-state index in [2.05, 4.69) is 10.3 Å². The van der Waals surface area contributed by atoms with Crippen molar-refractivity contribution < 1.29 is 19.4 Å². The molecule has 4 atom stereocenters. The van der Waals surface area contributed by atoms with Crippen LogP contribution < -0.4 is 21.3 Å². The van der Waals surface area contributed by atoms with E-state index in [1.807, 2.05) is 18.2 Å². The first kappa shape index (κ1) is 23.3. The van der Waals surface area contributed by atoms with Crippen LogP contribution in [0.1, 0.15) is 42.2 Å². The van der Waals surface area contributed by atoms with Crippen LogP contribution in [0, 0.1) is 0 Å². The number of carbonyl (C=O) groups is 1. The maximum absolute atomic E-state index is 13.4. The molecule has 3 aromatic rings. The zero-order valence-electron chi connectivity index (χ0n) is 18.9. The molecule has 3 N–H and O–H groups in total. The number of hydrogen-bond donors (Lipinski definition) is 3. The molecule has 0 spiro atoms. The Morgan fingerprint density at radius 1 is 1.20 bits per heavy atom. The first-order valence-corrected chi connectivity index (χ1v) is 11.8. The van der Waals surface area contributed by atoms with E-state index in [0.717, 1.165) is 0 Å². The number of aryl methyl sites for hydroxylation is 1. The number of benzene rings is 2. The molecule has 9 nitrogen and oxygen atoms in total. The van der Waals surface area contributed by atoms with Crippen molar-refractivity contribution in [2.24, 2.45) is 0 Å². The Labute approximate surface area is 205 Å². The van der Waals surface area contributed by atoms with Crippen LogP contribution in [-0.2, 0) is 16.0 Å². The number of nitrogens with one attached hydrogen (secondary N) is 2. The number of para-hydroxylation sites is 1. The number of H-pyrrole nitrogens is 1. The van der Waals surface area contributed by atoms with E-state index in [-0.39, 0.29) is 18.9 Å². The second kappa shape index (κ2) is 9.33. The quantitative estimate of drug-likeness (QED) is 0.497. The highest BCUT2D eigenvalue weighted by atomic mass is 35.5. The zero-order valence-corrected chi connectivity index (χ0v) is 19.6. The summed E-state index contributed by atoms with van der Waals surface area (Å²) >= 11 is 6.45. The molecule has 1 amide bonds. The number of ether oxygens (including phenoxy) is 2. The molecule has 35 heavy (non-hydrogen) atoms. The number of rotatable bonds is 5. The number of halogens is 1. The second-order valence-electron chi connectivity index (χ2n) is 8.58. The minimum Gasteiger partial charge on any atom is -0.457 e. The number of aromatic amines is 1. The van der Waals surface area contributed by atoms with Crippen molar-refractivity contribution in [2.75, 3.05) is 6.54 Å². The molecule has 1 saturated heterocycles. The first-order valence-electron chi connectivity index (χ1n) is 11.4. The van der Waals surface area contributed by atoms with Gasteiger partial charge in [0.2, 0.25) is 5.91 Å². The SMILES string of the molecule is CCc1cn([C@H]2C[C@H](O)[C@@H](CNC(=O)C3c4ccccc4Oc4cccc(Cl)c43)O2)c(=O)[nH]c1=O. The molecule has 0 radical (unpaired) electrons. The highest BCUT2D eigenvalue weighted by Crippen LogP contribution is 2.46. The number of fused-ring (bicyclic) bond motifs is 2. The summed E-state index contributed by atoms with van der Waals surface area (Å²) in [5, 5.41) is 13.9. The van der Waals surface area contributed by atoms with E-state index in [0.29, 0.717) is 39.6 Å². The lowest BCUT2D eigenvalue weighted by atomic mass is 9.87. The van der Waals surface area contributed by atoms with Crippen LogP contribution in [0.4, 0.5) is 0 Å². The Hall–Kier alpha value is -3.40. The van der Waals surface area contributed by atoms with Crippen molar-refractivity contribution in [1.82, 2.24) is 14.9 Å². The van der Waals surface area contributed by atoms with Gasteiger partial charge in [-0.1, -0.05) is 42.8 Å². The summed E-state index contributed by atoms with van der Waals surface area (Å²) in [4.78, 5) is 39.9. The van der Waals surface area contributed by atoms with Crippen molar-refractivity contribution in [1.29, 1.82) is 0 Å². The van der Waals surface area contributed by atoms with E-state index in [9.17, 15) is 19.5 Å². The first-order chi connectivity index (χ1) is 16.9. The Morgan fingerprint density at radius 3 is 2.77 bits per heavy atom. The average Bonchev–Trinajstić information content (AvgIpc) is 3.21. The predicted molar refractivity (Wildman–Crippen MR) is 128 cm³/mol. The molecule has 1 fully saturated rings. The molecule has 1 unspecified atom stereocenters. The van der Waals surface area contributed by atoms with Gasteiger partial charge in [0.25, 0.3) is 5.56 Å². The van der Waals surface area contributed by atoms with Crippen LogP contribution in [0.25, 0.3) is 0 Å². The fourth-order valence-electron chi connectivity index (χ4n) is 4.61. The van der Waals surface area contributed by atoms with E-state index < -0.39 is 35.6 Å². The van der Waals surface area contributed by atoms with Crippen LogP contribution in [0.2, 0.25) is 5.02 Å². The summed E-state index contributed by atoms with van der Waals surface area (Å²) in [6.45, 7) is 1.83. The number of carbonyl (C=O) groups excluding carboxylic acids is 1. The lowest BCUT2D eigenvalue weighted by Crippen LogP contribution is -2.40. The van der Waals surface area contributed by atoms with Crippen LogP contribution in [-0.4, -0.2) is 39.3 Å². The van der Waals surface area contributed by atoms with Gasteiger partial charge in [0.15, 0.2) is 0 Å². The van der Waals surface area contributed by atoms with Crippen LogP contribution >= 0.6 is 11.6 Å². The molecule has 3 heterocycles. The predicted octanol–water partition coefficient (Wildman–Crippen LogP) is 2.45. The number of nitrogens with zero attached hydrogens (tertiary/aromatic N) is 1. The summed E-state index contributed by atoms with van der Waals surface area (Å²) in [7, 11) is 0. The Kier molecular flexibility index (Phi) is 6.22. The number of amides is 1. The molecule has 0 bridgehead atoms. The molecule has 2 aromatic carbocycles. The average molecular weight is 498 g/mol. The lowest BCUT2D eigenvalue weighted by Gasteiger charge is -2.28. The molecule has 182 valence electrons. The molecule has 2 aliphatic rings. The second-order valence-corrected chi connectivity index (χ2v) is 8.98. The Morgan fingerprint density at radius 2 is 1.97 bits per heavy atom. The van der Waals surface area contributed by atoms with Gasteiger partial charge >= 0.3 is 5.69 Å². The molecular weight excluding hydrogens is 474 g/mol. The lowest BCUT2D eigenvalue weighted by molar-refractivity contribution is -0.123. The number of hydrogen-bond acceptors (Lipinski definition) is 6. The topological polar surface area (TPSA) is 123 Å². The highest BCUT2D eigenvalue weighted by molar-refractivity contribution is 6.32. The van der Waals surface area contributed by atoms with Gasteiger partial charge in [-0.25, -0.2) is 4.79 Å². The molecular formula is C25H24ClN3O6. The van der Waals surface area contributed by atoms with Gasteiger partial charge in [0.05, 0.1) is 12.0 Å². The molecule has 1 aromatic heterocycles. The summed E-state index contributed by atoms with van der Waals surface area (Å²) in [5.41, 5.74) is 0.644. The fraction of sp³-hybridized carbons (Fsp3) is 0.320. The minimum atomic E-state index is -0.915. The number of aliphatic hydroxyl groups excluding tert-OH is 1. The number of aromatic nitrogens is 2.